The molecule has 3 N–H and O–H groups in total. The maximum Gasteiger partial charge on any atom is 0.0992 e. The Morgan fingerprint density at radius 1 is 1.60 bits per heavy atom. The van der Waals surface area contributed by atoms with Gasteiger partial charge >= 0.3 is 0 Å². The summed E-state index contributed by atoms with van der Waals surface area (Å²) in [6, 6.07) is 7.17. The summed E-state index contributed by atoms with van der Waals surface area (Å²) >= 11 is 0. The zero-order chi connectivity index (χ0) is 11.4. The third-order valence-corrected chi connectivity index (χ3v) is 2.46. The molecule has 1 unspecified atom stereocenters. The van der Waals surface area contributed by atoms with Crippen LogP contribution in [-0.4, -0.2) is 24.8 Å². The van der Waals surface area contributed by atoms with Crippen molar-refractivity contribution in [1.82, 2.24) is 0 Å². The molecule has 80 valence electrons. The summed E-state index contributed by atoms with van der Waals surface area (Å²) in [5.41, 5.74) is 7.74. The molecule has 0 aliphatic heterocycles. The third-order valence-electron chi connectivity index (χ3n) is 2.46. The van der Waals surface area contributed by atoms with E-state index >= 15 is 0 Å². The monoisotopic (exact) mass is 205 g/mol. The van der Waals surface area contributed by atoms with Gasteiger partial charge in [-0.2, -0.15) is 5.26 Å². The van der Waals surface area contributed by atoms with E-state index in [2.05, 4.69) is 0 Å². The number of aliphatic hydroxyl groups excluding tert-OH is 1. The number of anilines is 2. The van der Waals surface area contributed by atoms with Crippen LogP contribution in [0.3, 0.4) is 0 Å². The van der Waals surface area contributed by atoms with Crippen molar-refractivity contribution in [1.29, 1.82) is 5.26 Å². The number of nitrogen functional groups attached to an aromatic ring is 1. The molecule has 1 aromatic rings. The molecule has 0 aliphatic carbocycles. The van der Waals surface area contributed by atoms with Crippen LogP contribution in [0.2, 0.25) is 0 Å². The molecule has 0 aromatic heterocycles. The highest BCUT2D eigenvalue weighted by atomic mass is 16.3. The van der Waals surface area contributed by atoms with Crippen molar-refractivity contribution in [2.45, 2.75) is 13.0 Å². The van der Waals surface area contributed by atoms with E-state index in [1.54, 1.807) is 18.2 Å². The average molecular weight is 205 g/mol. The summed E-state index contributed by atoms with van der Waals surface area (Å²) in [7, 11) is 1.86. The van der Waals surface area contributed by atoms with Crippen LogP contribution in [0.5, 0.6) is 0 Å². The van der Waals surface area contributed by atoms with E-state index in [4.69, 9.17) is 16.1 Å². The van der Waals surface area contributed by atoms with Gasteiger partial charge in [-0.1, -0.05) is 0 Å². The van der Waals surface area contributed by atoms with Crippen LogP contribution >= 0.6 is 0 Å². The molecule has 0 saturated carbocycles. The molecule has 0 amide bonds. The first-order valence-corrected chi connectivity index (χ1v) is 4.73. The minimum atomic E-state index is 0.000218. The molecular weight excluding hydrogens is 190 g/mol. The zero-order valence-corrected chi connectivity index (χ0v) is 8.94. The second kappa shape index (κ2) is 4.67. The molecule has 4 nitrogen and oxygen atoms in total. The average Bonchev–Trinajstić information content (AvgIpc) is 2.26. The van der Waals surface area contributed by atoms with Gasteiger partial charge in [-0.25, -0.2) is 0 Å². The van der Waals surface area contributed by atoms with Crippen molar-refractivity contribution in [3.05, 3.63) is 23.8 Å². The number of rotatable bonds is 3. The van der Waals surface area contributed by atoms with Gasteiger partial charge in [0.15, 0.2) is 0 Å². The highest BCUT2D eigenvalue weighted by Gasteiger charge is 2.11. The molecule has 1 atom stereocenters. The summed E-state index contributed by atoms with van der Waals surface area (Å²) in [5.74, 6) is 0. The summed E-state index contributed by atoms with van der Waals surface area (Å²) < 4.78 is 0. The van der Waals surface area contributed by atoms with Gasteiger partial charge in [0.05, 0.1) is 29.6 Å². The number of hydrogen-bond acceptors (Lipinski definition) is 4. The van der Waals surface area contributed by atoms with Gasteiger partial charge in [-0.05, 0) is 25.1 Å². The maximum absolute atomic E-state index is 9.02. The standard InChI is InChI=1S/C11H15N3O/c1-8(7-15)14(2)11-4-3-9(6-12)5-10(11)13/h3-5,8,15H,7,13H2,1-2H3. The Morgan fingerprint density at radius 3 is 2.73 bits per heavy atom. The van der Waals surface area contributed by atoms with Gasteiger partial charge in [0.25, 0.3) is 0 Å². The molecule has 0 radical (unpaired) electrons. The van der Waals surface area contributed by atoms with E-state index in [0.717, 1.165) is 5.69 Å². The molecule has 1 aromatic carbocycles. The number of hydrogen-bond donors (Lipinski definition) is 2. The first kappa shape index (κ1) is 11.3. The Hall–Kier alpha value is -1.73. The van der Waals surface area contributed by atoms with E-state index in [-0.39, 0.29) is 12.6 Å². The summed E-state index contributed by atoms with van der Waals surface area (Å²) in [5, 5.41) is 17.7. The summed E-state index contributed by atoms with van der Waals surface area (Å²) in [6.45, 7) is 1.97. The van der Waals surface area contributed by atoms with Crippen molar-refractivity contribution in [3.63, 3.8) is 0 Å². The first-order valence-electron chi connectivity index (χ1n) is 4.73. The SMILES string of the molecule is CC(CO)N(C)c1ccc(C#N)cc1N. The molecule has 0 spiro atoms. The minimum Gasteiger partial charge on any atom is -0.397 e. The fourth-order valence-corrected chi connectivity index (χ4v) is 1.31. The van der Waals surface area contributed by atoms with E-state index in [1.165, 1.54) is 0 Å². The van der Waals surface area contributed by atoms with Gasteiger partial charge in [0.1, 0.15) is 0 Å². The number of nitriles is 1. The molecule has 0 fully saturated rings. The summed E-state index contributed by atoms with van der Waals surface area (Å²) in [6.07, 6.45) is 0. The Kier molecular flexibility index (Phi) is 3.53. The Labute approximate surface area is 89.5 Å². The number of benzene rings is 1. The molecular formula is C11H15N3O. The number of aliphatic hydroxyl groups is 1. The fraction of sp³-hybridized carbons (Fsp3) is 0.364. The van der Waals surface area contributed by atoms with Crippen molar-refractivity contribution < 1.29 is 5.11 Å². The zero-order valence-electron chi connectivity index (χ0n) is 8.94. The highest BCUT2D eigenvalue weighted by Crippen LogP contribution is 2.24. The number of nitrogens with zero attached hydrogens (tertiary/aromatic N) is 2. The lowest BCUT2D eigenvalue weighted by atomic mass is 10.1. The molecule has 0 aliphatic rings. The lowest BCUT2D eigenvalue weighted by molar-refractivity contribution is 0.270. The lowest BCUT2D eigenvalue weighted by Crippen LogP contribution is -2.32. The number of likely N-dealkylation sites (N-methyl/N-ethyl adjacent to an activating group) is 1. The third kappa shape index (κ3) is 2.39. The number of nitrogens with two attached hydrogens (primary N) is 1. The van der Waals surface area contributed by atoms with Gasteiger partial charge < -0.3 is 15.7 Å². The van der Waals surface area contributed by atoms with E-state index in [1.807, 2.05) is 24.9 Å². The van der Waals surface area contributed by atoms with Crippen LogP contribution < -0.4 is 10.6 Å². The van der Waals surface area contributed by atoms with Crippen LogP contribution in [0, 0.1) is 11.3 Å². The van der Waals surface area contributed by atoms with E-state index < -0.39 is 0 Å². The maximum atomic E-state index is 9.02. The normalized spacial score (nSPS) is 11.9. The van der Waals surface area contributed by atoms with Crippen molar-refractivity contribution >= 4 is 11.4 Å². The van der Waals surface area contributed by atoms with Gasteiger partial charge in [0.2, 0.25) is 0 Å². The topological polar surface area (TPSA) is 73.3 Å². The van der Waals surface area contributed by atoms with E-state index in [9.17, 15) is 0 Å². The molecule has 1 rings (SSSR count). The molecule has 4 heteroatoms. The smallest absolute Gasteiger partial charge is 0.0992 e. The second-order valence-electron chi connectivity index (χ2n) is 3.53. The van der Waals surface area contributed by atoms with Gasteiger partial charge in [-0.3, -0.25) is 0 Å². The Bertz CT molecular complexity index is 384. The van der Waals surface area contributed by atoms with Crippen molar-refractivity contribution in [2.75, 3.05) is 24.3 Å². The van der Waals surface area contributed by atoms with Crippen LogP contribution in [0.25, 0.3) is 0 Å². The fourth-order valence-electron chi connectivity index (χ4n) is 1.31. The van der Waals surface area contributed by atoms with Gasteiger partial charge in [0, 0.05) is 13.1 Å². The van der Waals surface area contributed by atoms with Crippen LogP contribution in [0.15, 0.2) is 18.2 Å². The highest BCUT2D eigenvalue weighted by molar-refractivity contribution is 5.69. The first-order chi connectivity index (χ1) is 7.10. The predicted octanol–water partition coefficient (Wildman–Crippen LogP) is 0.957. The Balaban J connectivity index is 3.01. The quantitative estimate of drug-likeness (QED) is 0.721. The summed E-state index contributed by atoms with van der Waals surface area (Å²) in [4.78, 5) is 1.89. The Morgan fingerprint density at radius 2 is 2.27 bits per heavy atom. The van der Waals surface area contributed by atoms with Crippen LogP contribution in [0.1, 0.15) is 12.5 Å². The lowest BCUT2D eigenvalue weighted by Gasteiger charge is -2.26. The molecule has 0 bridgehead atoms. The van der Waals surface area contributed by atoms with Gasteiger partial charge in [-0.15, -0.1) is 0 Å². The van der Waals surface area contributed by atoms with Crippen LogP contribution in [0.4, 0.5) is 11.4 Å². The molecule has 0 heterocycles. The van der Waals surface area contributed by atoms with E-state index in [0.29, 0.717) is 11.3 Å². The van der Waals surface area contributed by atoms with Crippen molar-refractivity contribution in [3.8, 4) is 6.07 Å². The largest absolute Gasteiger partial charge is 0.397 e. The molecule has 15 heavy (non-hydrogen) atoms. The van der Waals surface area contributed by atoms with Crippen molar-refractivity contribution in [2.24, 2.45) is 0 Å². The molecule has 0 saturated heterocycles. The minimum absolute atomic E-state index is 0.000218. The predicted molar refractivity (Wildman–Crippen MR) is 60.5 cm³/mol. The van der Waals surface area contributed by atoms with Crippen LogP contribution in [-0.2, 0) is 0 Å². The second-order valence-corrected chi connectivity index (χ2v) is 3.53.